The monoisotopic (exact) mass is 371 g/mol. The molecule has 136 valence electrons. The van der Waals surface area contributed by atoms with E-state index in [4.69, 9.17) is 0 Å². The molecule has 0 unspecified atom stereocenters. The highest BCUT2D eigenvalue weighted by atomic mass is 32.1. The fourth-order valence-electron chi connectivity index (χ4n) is 3.14. The number of nitrogens with zero attached hydrogens (tertiary/aromatic N) is 4. The molecule has 0 amide bonds. The molecule has 1 aliphatic rings. The van der Waals surface area contributed by atoms with Crippen LogP contribution in [0.4, 0.5) is 15.2 Å². The van der Waals surface area contributed by atoms with Crippen molar-refractivity contribution in [3.05, 3.63) is 54.1 Å². The van der Waals surface area contributed by atoms with Crippen LogP contribution in [0.1, 0.15) is 25.5 Å². The van der Waals surface area contributed by atoms with Crippen molar-refractivity contribution in [3.63, 3.8) is 0 Å². The Hall–Kier alpha value is -2.41. The van der Waals surface area contributed by atoms with Crippen LogP contribution in [-0.4, -0.2) is 27.9 Å². The van der Waals surface area contributed by atoms with Gasteiger partial charge in [0.15, 0.2) is 0 Å². The summed E-state index contributed by atoms with van der Waals surface area (Å²) < 4.78 is 15.1. The molecular formula is C19H22FN5S. The van der Waals surface area contributed by atoms with Crippen molar-refractivity contribution in [1.82, 2.24) is 14.8 Å². The summed E-state index contributed by atoms with van der Waals surface area (Å²) >= 11 is 1.63. The molecule has 1 N–H and O–H groups in total. The molecule has 1 aliphatic heterocycles. The number of benzene rings is 1. The lowest BCUT2D eigenvalue weighted by Crippen LogP contribution is -2.32. The van der Waals surface area contributed by atoms with Gasteiger partial charge in [0, 0.05) is 30.7 Å². The molecule has 0 atom stereocenters. The summed E-state index contributed by atoms with van der Waals surface area (Å²) in [7, 11) is 0. The van der Waals surface area contributed by atoms with Crippen LogP contribution in [0, 0.1) is 11.7 Å². The molecular weight excluding hydrogens is 349 g/mol. The van der Waals surface area contributed by atoms with E-state index in [9.17, 15) is 4.39 Å². The molecule has 1 saturated heterocycles. The van der Waals surface area contributed by atoms with Gasteiger partial charge < -0.3 is 10.2 Å². The molecule has 1 aromatic carbocycles. The van der Waals surface area contributed by atoms with Gasteiger partial charge in [0.25, 0.3) is 0 Å². The molecule has 1 fully saturated rings. The Morgan fingerprint density at radius 3 is 2.62 bits per heavy atom. The molecule has 5 nitrogen and oxygen atoms in total. The second-order valence-corrected chi connectivity index (χ2v) is 7.70. The number of hydrogen-bond acceptors (Lipinski definition) is 5. The van der Waals surface area contributed by atoms with Crippen LogP contribution in [0.2, 0.25) is 0 Å². The Morgan fingerprint density at radius 2 is 1.85 bits per heavy atom. The van der Waals surface area contributed by atoms with Gasteiger partial charge in [-0.15, -0.1) is 10.2 Å². The third kappa shape index (κ3) is 3.72. The number of anilines is 2. The van der Waals surface area contributed by atoms with Crippen LogP contribution in [0.5, 0.6) is 0 Å². The minimum Gasteiger partial charge on any atom is -0.379 e. The maximum Gasteiger partial charge on any atom is 0.218 e. The van der Waals surface area contributed by atoms with Gasteiger partial charge in [0.2, 0.25) is 10.3 Å². The van der Waals surface area contributed by atoms with Crippen LogP contribution in [0.25, 0.3) is 5.13 Å². The predicted octanol–water partition coefficient (Wildman–Crippen LogP) is 4.32. The van der Waals surface area contributed by atoms with E-state index in [1.54, 1.807) is 23.5 Å². The van der Waals surface area contributed by atoms with Crippen molar-refractivity contribution in [1.29, 1.82) is 0 Å². The molecule has 0 radical (unpaired) electrons. The molecule has 0 spiro atoms. The van der Waals surface area contributed by atoms with Crippen LogP contribution in [0.3, 0.4) is 0 Å². The van der Waals surface area contributed by atoms with Gasteiger partial charge in [-0.05, 0) is 55.2 Å². The van der Waals surface area contributed by atoms with Gasteiger partial charge in [-0.25, -0.2) is 4.39 Å². The van der Waals surface area contributed by atoms with E-state index >= 15 is 0 Å². The van der Waals surface area contributed by atoms with Crippen LogP contribution < -0.4 is 10.2 Å². The zero-order valence-corrected chi connectivity index (χ0v) is 15.5. The SMILES string of the molecule is CC1CCN(c2nnc(-n3cccc3CNc3ccc(F)cc3)s2)CC1. The second kappa shape index (κ2) is 7.45. The Labute approximate surface area is 156 Å². The number of rotatable bonds is 5. The smallest absolute Gasteiger partial charge is 0.218 e. The first-order valence-electron chi connectivity index (χ1n) is 8.93. The number of piperidine rings is 1. The molecule has 0 saturated carbocycles. The Bertz CT molecular complexity index is 849. The molecule has 0 aliphatic carbocycles. The third-order valence-electron chi connectivity index (χ3n) is 4.81. The summed E-state index contributed by atoms with van der Waals surface area (Å²) in [4.78, 5) is 2.33. The zero-order valence-electron chi connectivity index (χ0n) is 14.7. The van der Waals surface area contributed by atoms with Crippen LogP contribution in [0.15, 0.2) is 42.6 Å². The highest BCUT2D eigenvalue weighted by Gasteiger charge is 2.20. The Morgan fingerprint density at radius 1 is 1.12 bits per heavy atom. The summed E-state index contributed by atoms with van der Waals surface area (Å²) in [6, 6.07) is 10.5. The standard InChI is InChI=1S/C19H22FN5S/c1-14-8-11-24(12-9-14)18-22-23-19(26-18)25-10-2-3-17(25)13-21-16-6-4-15(20)5-7-16/h2-7,10,14,21H,8-9,11-13H2,1H3. The Kier molecular flexibility index (Phi) is 4.88. The van der Waals surface area contributed by atoms with Gasteiger partial charge in [-0.3, -0.25) is 4.57 Å². The number of nitrogens with one attached hydrogen (secondary N) is 1. The maximum absolute atomic E-state index is 13.0. The fourth-order valence-corrected chi connectivity index (χ4v) is 4.06. The van der Waals surface area contributed by atoms with Gasteiger partial charge in [0.1, 0.15) is 5.82 Å². The van der Waals surface area contributed by atoms with Crippen molar-refractivity contribution in [2.75, 3.05) is 23.3 Å². The summed E-state index contributed by atoms with van der Waals surface area (Å²) in [5.74, 6) is 0.569. The van der Waals surface area contributed by atoms with E-state index in [1.165, 1.54) is 25.0 Å². The quantitative estimate of drug-likeness (QED) is 0.726. The summed E-state index contributed by atoms with van der Waals surface area (Å²) in [6.45, 7) is 5.05. The van der Waals surface area contributed by atoms with E-state index in [2.05, 4.69) is 38.0 Å². The summed E-state index contributed by atoms with van der Waals surface area (Å²) in [5, 5.41) is 14.0. The lowest BCUT2D eigenvalue weighted by Gasteiger charge is -2.29. The average Bonchev–Trinajstić information content (AvgIpc) is 3.31. The largest absolute Gasteiger partial charge is 0.379 e. The fraction of sp³-hybridized carbons (Fsp3) is 0.368. The lowest BCUT2D eigenvalue weighted by atomic mass is 10.00. The first-order valence-corrected chi connectivity index (χ1v) is 9.75. The highest BCUT2D eigenvalue weighted by Crippen LogP contribution is 2.28. The van der Waals surface area contributed by atoms with Crippen LogP contribution in [-0.2, 0) is 6.54 Å². The number of halogens is 1. The lowest BCUT2D eigenvalue weighted by molar-refractivity contribution is 0.437. The number of hydrogen-bond donors (Lipinski definition) is 1. The summed E-state index contributed by atoms with van der Waals surface area (Å²) in [6.07, 6.45) is 4.43. The highest BCUT2D eigenvalue weighted by molar-refractivity contribution is 7.17. The van der Waals surface area contributed by atoms with Gasteiger partial charge in [0.05, 0.1) is 6.54 Å². The van der Waals surface area contributed by atoms with Crippen molar-refractivity contribution in [2.24, 2.45) is 5.92 Å². The van der Waals surface area contributed by atoms with Gasteiger partial charge in [-0.2, -0.15) is 0 Å². The van der Waals surface area contributed by atoms with E-state index in [-0.39, 0.29) is 5.82 Å². The first kappa shape index (κ1) is 17.0. The minimum absolute atomic E-state index is 0.229. The molecule has 0 bridgehead atoms. The van der Waals surface area contributed by atoms with Gasteiger partial charge >= 0.3 is 0 Å². The zero-order chi connectivity index (χ0) is 17.9. The van der Waals surface area contributed by atoms with Crippen molar-refractivity contribution < 1.29 is 4.39 Å². The first-order chi connectivity index (χ1) is 12.7. The molecule has 3 aromatic rings. The minimum atomic E-state index is -0.229. The van der Waals surface area contributed by atoms with Gasteiger partial charge in [-0.1, -0.05) is 18.3 Å². The third-order valence-corrected chi connectivity index (χ3v) is 5.80. The average molecular weight is 371 g/mol. The Balaban J connectivity index is 1.45. The predicted molar refractivity (Wildman–Crippen MR) is 104 cm³/mol. The normalized spacial score (nSPS) is 15.4. The van der Waals surface area contributed by atoms with Crippen molar-refractivity contribution in [3.8, 4) is 5.13 Å². The molecule has 26 heavy (non-hydrogen) atoms. The van der Waals surface area contributed by atoms with E-state index in [0.717, 1.165) is 40.7 Å². The van der Waals surface area contributed by atoms with E-state index in [1.807, 2.05) is 12.3 Å². The summed E-state index contributed by atoms with van der Waals surface area (Å²) in [5.41, 5.74) is 1.98. The maximum atomic E-state index is 13.0. The van der Waals surface area contributed by atoms with E-state index < -0.39 is 0 Å². The molecule has 4 rings (SSSR count). The second-order valence-electron chi connectivity index (χ2n) is 6.77. The molecule has 2 aromatic heterocycles. The topological polar surface area (TPSA) is 46.0 Å². The molecule has 3 heterocycles. The van der Waals surface area contributed by atoms with Crippen molar-refractivity contribution in [2.45, 2.75) is 26.3 Å². The molecule has 7 heteroatoms. The van der Waals surface area contributed by atoms with E-state index in [0.29, 0.717) is 6.54 Å². The van der Waals surface area contributed by atoms with Crippen molar-refractivity contribution >= 4 is 22.2 Å². The van der Waals surface area contributed by atoms with Crippen LogP contribution >= 0.6 is 11.3 Å². The number of aromatic nitrogens is 3.